The van der Waals surface area contributed by atoms with E-state index in [-0.39, 0.29) is 23.1 Å². The first-order valence-corrected chi connectivity index (χ1v) is 10.8. The second-order valence-electron chi connectivity index (χ2n) is 9.14. The van der Waals surface area contributed by atoms with Crippen LogP contribution in [0.3, 0.4) is 0 Å². The molecule has 0 saturated carbocycles. The molecule has 0 saturated heterocycles. The molecule has 0 unspecified atom stereocenters. The molecule has 2 atom stereocenters. The van der Waals surface area contributed by atoms with Gasteiger partial charge in [0, 0.05) is 30.0 Å². The first kappa shape index (κ1) is 26.6. The van der Waals surface area contributed by atoms with E-state index < -0.39 is 35.5 Å². The van der Waals surface area contributed by atoms with Crippen LogP contribution in [0.2, 0.25) is 0 Å². The Hall–Kier alpha value is -3.63. The Morgan fingerprint density at radius 2 is 1.82 bits per heavy atom. The fraction of sp³-hybridized carbons (Fsp3) is 0.478. The molecule has 0 aliphatic rings. The van der Waals surface area contributed by atoms with Gasteiger partial charge in [0.25, 0.3) is 5.91 Å². The number of aromatic nitrogens is 2. The zero-order chi connectivity index (χ0) is 25.6. The van der Waals surface area contributed by atoms with Crippen molar-refractivity contribution >= 4 is 29.3 Å². The fourth-order valence-corrected chi connectivity index (χ4v) is 3.22. The predicted molar refractivity (Wildman–Crippen MR) is 128 cm³/mol. The van der Waals surface area contributed by atoms with Crippen LogP contribution in [0.4, 0.5) is 26.5 Å². The van der Waals surface area contributed by atoms with E-state index in [1.165, 1.54) is 13.3 Å². The molecular formula is C23H33FN6O4. The summed E-state index contributed by atoms with van der Waals surface area (Å²) in [6.07, 6.45) is 0.922. The van der Waals surface area contributed by atoms with Crippen molar-refractivity contribution in [3.8, 4) is 5.88 Å². The van der Waals surface area contributed by atoms with E-state index in [1.54, 1.807) is 39.8 Å². The topological polar surface area (TPSA) is 140 Å². The molecule has 2 amide bonds. The smallest absolute Gasteiger partial charge is 0.407 e. The number of alkyl carbamates (subject to hydrolysis) is 1. The van der Waals surface area contributed by atoms with Gasteiger partial charge >= 0.3 is 6.09 Å². The maximum Gasteiger partial charge on any atom is 0.407 e. The number of carbonyl (C=O) groups excluding carboxylic acids is 2. The summed E-state index contributed by atoms with van der Waals surface area (Å²) in [5.74, 6) is -1.34. The lowest BCUT2D eigenvalue weighted by atomic mass is 9.97. The molecule has 2 aromatic rings. The Morgan fingerprint density at radius 1 is 1.15 bits per heavy atom. The van der Waals surface area contributed by atoms with Crippen LogP contribution >= 0.6 is 0 Å². The quantitative estimate of drug-likeness (QED) is 0.428. The number of nitrogens with two attached hydrogens (primary N) is 1. The highest BCUT2D eigenvalue weighted by Crippen LogP contribution is 2.26. The van der Waals surface area contributed by atoms with E-state index in [4.69, 9.17) is 15.2 Å². The van der Waals surface area contributed by atoms with Gasteiger partial charge < -0.3 is 31.2 Å². The average Bonchev–Trinajstić information content (AvgIpc) is 2.71. The number of amides is 2. The maximum absolute atomic E-state index is 14.9. The third-order valence-corrected chi connectivity index (χ3v) is 4.75. The fourth-order valence-electron chi connectivity index (χ4n) is 3.22. The van der Waals surface area contributed by atoms with Crippen molar-refractivity contribution < 1.29 is 23.5 Å². The molecule has 0 fully saturated rings. The Balaban J connectivity index is 2.34. The number of hydrogen-bond donors (Lipinski definition) is 4. The largest absolute Gasteiger partial charge is 0.481 e. The van der Waals surface area contributed by atoms with Crippen LogP contribution in [0.25, 0.3) is 0 Å². The molecule has 0 aromatic carbocycles. The van der Waals surface area contributed by atoms with Gasteiger partial charge in [0.15, 0.2) is 11.6 Å². The third-order valence-electron chi connectivity index (χ3n) is 4.75. The molecule has 34 heavy (non-hydrogen) atoms. The SMILES string of the molecule is COc1cc(Nc2nc(N[C@H](C(C)C)[C@H](C)NC(=O)OC(C)(C)C)c(F)cc2C(N)=O)ccn1. The predicted octanol–water partition coefficient (Wildman–Crippen LogP) is 3.82. The van der Waals surface area contributed by atoms with E-state index in [2.05, 4.69) is 25.9 Å². The van der Waals surface area contributed by atoms with Gasteiger partial charge in [-0.1, -0.05) is 13.8 Å². The number of halogens is 1. The minimum absolute atomic E-state index is 0.0252. The van der Waals surface area contributed by atoms with Crippen LogP contribution in [-0.4, -0.2) is 46.8 Å². The van der Waals surface area contributed by atoms with E-state index in [9.17, 15) is 14.0 Å². The Labute approximate surface area is 198 Å². The summed E-state index contributed by atoms with van der Waals surface area (Å²) < 4.78 is 25.3. The van der Waals surface area contributed by atoms with E-state index in [0.717, 1.165) is 6.07 Å². The van der Waals surface area contributed by atoms with Gasteiger partial charge in [0.2, 0.25) is 5.88 Å². The lowest BCUT2D eigenvalue weighted by molar-refractivity contribution is 0.0499. The number of hydrogen-bond acceptors (Lipinski definition) is 8. The Morgan fingerprint density at radius 3 is 2.38 bits per heavy atom. The van der Waals surface area contributed by atoms with Crippen molar-refractivity contribution in [2.24, 2.45) is 11.7 Å². The molecule has 10 nitrogen and oxygen atoms in total. The molecule has 186 valence electrons. The average molecular weight is 477 g/mol. The molecule has 0 radical (unpaired) electrons. The number of primary amides is 1. The van der Waals surface area contributed by atoms with Gasteiger partial charge in [-0.05, 0) is 45.7 Å². The van der Waals surface area contributed by atoms with Crippen molar-refractivity contribution in [2.45, 2.75) is 59.2 Å². The molecular weight excluding hydrogens is 443 g/mol. The van der Waals surface area contributed by atoms with Gasteiger partial charge in [-0.15, -0.1) is 0 Å². The second-order valence-corrected chi connectivity index (χ2v) is 9.14. The van der Waals surface area contributed by atoms with Crippen LogP contribution in [-0.2, 0) is 4.74 Å². The van der Waals surface area contributed by atoms with E-state index >= 15 is 0 Å². The first-order chi connectivity index (χ1) is 15.8. The monoisotopic (exact) mass is 476 g/mol. The third kappa shape index (κ3) is 7.46. The van der Waals surface area contributed by atoms with Crippen LogP contribution in [0.1, 0.15) is 51.9 Å². The van der Waals surface area contributed by atoms with Crippen molar-refractivity contribution in [3.63, 3.8) is 0 Å². The van der Waals surface area contributed by atoms with Gasteiger partial charge in [-0.3, -0.25) is 4.79 Å². The van der Waals surface area contributed by atoms with Crippen LogP contribution in [0.5, 0.6) is 5.88 Å². The summed E-state index contributed by atoms with van der Waals surface area (Å²) in [6.45, 7) is 10.9. The minimum atomic E-state index is -0.846. The summed E-state index contributed by atoms with van der Waals surface area (Å²) in [7, 11) is 1.47. The van der Waals surface area contributed by atoms with Crippen LogP contribution in [0.15, 0.2) is 24.4 Å². The van der Waals surface area contributed by atoms with Crippen molar-refractivity contribution in [1.82, 2.24) is 15.3 Å². The van der Waals surface area contributed by atoms with Gasteiger partial charge in [0.05, 0.1) is 12.7 Å². The van der Waals surface area contributed by atoms with Crippen molar-refractivity contribution in [2.75, 3.05) is 17.7 Å². The zero-order valence-corrected chi connectivity index (χ0v) is 20.5. The molecule has 2 rings (SSSR count). The summed E-state index contributed by atoms with van der Waals surface area (Å²) in [6, 6.07) is 3.39. The van der Waals surface area contributed by atoms with E-state index in [0.29, 0.717) is 11.6 Å². The van der Waals surface area contributed by atoms with E-state index in [1.807, 2.05) is 13.8 Å². The van der Waals surface area contributed by atoms with Crippen LogP contribution in [0, 0.1) is 11.7 Å². The highest BCUT2D eigenvalue weighted by Gasteiger charge is 2.27. The molecule has 0 spiro atoms. The number of nitrogens with one attached hydrogen (secondary N) is 3. The lowest BCUT2D eigenvalue weighted by Crippen LogP contribution is -2.49. The van der Waals surface area contributed by atoms with Gasteiger partial charge in [-0.2, -0.15) is 0 Å². The standard InChI is InChI=1S/C23H33FN6O4/c1-12(2)18(13(3)27-22(32)34-23(4,5)6)29-21-16(24)11-15(19(25)31)20(30-21)28-14-8-9-26-17(10-14)33-7/h8-13,18H,1-7H3,(H2,25,31)(H,27,32)(H2,26,28,29,30)/t13-,18+/m0/s1. The minimum Gasteiger partial charge on any atom is -0.481 e. The van der Waals surface area contributed by atoms with Gasteiger partial charge in [0.1, 0.15) is 11.4 Å². The maximum atomic E-state index is 14.9. The zero-order valence-electron chi connectivity index (χ0n) is 20.5. The van der Waals surface area contributed by atoms with Gasteiger partial charge in [-0.25, -0.2) is 19.2 Å². The molecule has 2 aromatic heterocycles. The molecule has 0 aliphatic heterocycles. The normalized spacial score (nSPS) is 13.1. The second kappa shape index (κ2) is 11.0. The number of methoxy groups -OCH3 is 1. The lowest BCUT2D eigenvalue weighted by Gasteiger charge is -2.31. The Bertz CT molecular complexity index is 1030. The molecule has 2 heterocycles. The Kier molecular flexibility index (Phi) is 8.61. The first-order valence-electron chi connectivity index (χ1n) is 10.8. The highest BCUT2D eigenvalue weighted by molar-refractivity contribution is 5.98. The number of rotatable bonds is 9. The number of pyridine rings is 2. The molecule has 0 aliphatic carbocycles. The molecule has 11 heteroatoms. The number of anilines is 3. The van der Waals surface area contributed by atoms with Crippen LogP contribution < -0.4 is 26.4 Å². The number of nitrogens with zero attached hydrogens (tertiary/aromatic N) is 2. The molecule has 5 N–H and O–H groups in total. The van der Waals surface area contributed by atoms with Crippen molar-refractivity contribution in [3.05, 3.63) is 35.8 Å². The summed E-state index contributed by atoms with van der Waals surface area (Å²) in [5, 5.41) is 8.77. The summed E-state index contributed by atoms with van der Waals surface area (Å²) >= 11 is 0. The highest BCUT2D eigenvalue weighted by atomic mass is 19.1. The number of ether oxygens (including phenoxy) is 2. The van der Waals surface area contributed by atoms with Crippen molar-refractivity contribution in [1.29, 1.82) is 0 Å². The number of carbonyl (C=O) groups is 2. The summed E-state index contributed by atoms with van der Waals surface area (Å²) in [5.41, 5.74) is 5.18. The molecule has 0 bridgehead atoms. The summed E-state index contributed by atoms with van der Waals surface area (Å²) in [4.78, 5) is 32.5.